The molecule has 57 heavy (non-hydrogen) atoms. The Morgan fingerprint density at radius 3 is 1.49 bits per heavy atom. The number of benzene rings is 12. The second-order valence-corrected chi connectivity index (χ2v) is 16.2. The Morgan fingerprint density at radius 2 is 0.772 bits per heavy atom. The average Bonchev–Trinajstić information content (AvgIpc) is 3.76. The van der Waals surface area contributed by atoms with Crippen LogP contribution in [0.1, 0.15) is 22.3 Å². The fourth-order valence-corrected chi connectivity index (χ4v) is 11.7. The molecule has 0 radical (unpaired) electrons. The van der Waals surface area contributed by atoms with Gasteiger partial charge in [0.25, 0.3) is 0 Å². The molecule has 2 aliphatic carbocycles. The van der Waals surface area contributed by atoms with Crippen molar-refractivity contribution in [1.82, 2.24) is 0 Å². The molecule has 0 unspecified atom stereocenters. The Hall–Kier alpha value is -7.28. The lowest BCUT2D eigenvalue weighted by Gasteiger charge is -2.32. The summed E-state index contributed by atoms with van der Waals surface area (Å²) in [6, 6.07) is 73.7. The van der Waals surface area contributed by atoms with Crippen LogP contribution in [0.25, 0.3) is 109 Å². The molecule has 0 aromatic heterocycles. The Balaban J connectivity index is 1.13. The van der Waals surface area contributed by atoms with Crippen LogP contribution in [0, 0.1) is 0 Å². The van der Waals surface area contributed by atoms with Crippen LogP contribution in [0.5, 0.6) is 0 Å². The van der Waals surface area contributed by atoms with Crippen molar-refractivity contribution < 1.29 is 0 Å². The van der Waals surface area contributed by atoms with E-state index in [-0.39, 0.29) is 0 Å². The summed E-state index contributed by atoms with van der Waals surface area (Å²) in [7, 11) is 0. The zero-order valence-electron chi connectivity index (χ0n) is 31.0. The van der Waals surface area contributed by atoms with E-state index in [1.807, 2.05) is 0 Å². The zero-order valence-corrected chi connectivity index (χ0v) is 31.0. The van der Waals surface area contributed by atoms with Crippen LogP contribution in [0.3, 0.4) is 0 Å². The van der Waals surface area contributed by atoms with Crippen LogP contribution in [-0.2, 0) is 5.41 Å². The Bertz CT molecular complexity index is 3630. The maximum atomic E-state index is 2.48. The lowest BCUT2D eigenvalue weighted by Crippen LogP contribution is -2.26. The van der Waals surface area contributed by atoms with E-state index < -0.39 is 5.41 Å². The molecule has 14 rings (SSSR count). The molecule has 2 aliphatic rings. The van der Waals surface area contributed by atoms with Crippen molar-refractivity contribution >= 4 is 64.6 Å². The van der Waals surface area contributed by atoms with Crippen molar-refractivity contribution in [3.05, 3.63) is 216 Å². The molecular formula is C57H32. The predicted molar refractivity (Wildman–Crippen MR) is 241 cm³/mol. The summed E-state index contributed by atoms with van der Waals surface area (Å²) in [5.41, 5.74) is 15.7. The smallest absolute Gasteiger partial charge is 0.0622 e. The summed E-state index contributed by atoms with van der Waals surface area (Å²) in [5.74, 6) is 0. The second-order valence-electron chi connectivity index (χ2n) is 16.2. The molecular weight excluding hydrogens is 685 g/mol. The lowest BCUT2D eigenvalue weighted by atomic mass is 9.68. The standard InChI is InChI=1S/C57H32/c1-2-12-33(13-3-1)37-28-24-34-27-31-43-38(29-25-35-26-30-42(37)51(34)52(35)43)47-32-36-14-10-19-45-53(36)54-41(47)18-11-20-46(54)56-55(45)44-17-6-9-23-50(44)57(56)48-21-7-4-15-39(48)40-16-5-8-22-49(40)57/h1-32H. The number of rotatable bonds is 2. The molecule has 0 heterocycles. The normalized spacial score (nSPS) is 13.8. The predicted octanol–water partition coefficient (Wildman–Crippen LogP) is 15.2. The summed E-state index contributed by atoms with van der Waals surface area (Å²) < 4.78 is 0. The third-order valence-corrected chi connectivity index (χ3v) is 13.8. The third kappa shape index (κ3) is 3.52. The first-order chi connectivity index (χ1) is 28.3. The van der Waals surface area contributed by atoms with Gasteiger partial charge in [-0.05, 0) is 137 Å². The second kappa shape index (κ2) is 10.5. The topological polar surface area (TPSA) is 0 Å². The van der Waals surface area contributed by atoms with Gasteiger partial charge in [0.2, 0.25) is 0 Å². The van der Waals surface area contributed by atoms with E-state index in [1.54, 1.807) is 0 Å². The highest BCUT2D eigenvalue weighted by Crippen LogP contribution is 2.66. The van der Waals surface area contributed by atoms with Crippen molar-refractivity contribution in [2.24, 2.45) is 0 Å². The molecule has 0 N–H and O–H groups in total. The van der Waals surface area contributed by atoms with Crippen LogP contribution < -0.4 is 0 Å². The van der Waals surface area contributed by atoms with Gasteiger partial charge < -0.3 is 0 Å². The van der Waals surface area contributed by atoms with Crippen LogP contribution >= 0.6 is 0 Å². The lowest BCUT2D eigenvalue weighted by molar-refractivity contribution is 0.802. The van der Waals surface area contributed by atoms with Crippen molar-refractivity contribution in [3.63, 3.8) is 0 Å². The molecule has 260 valence electrons. The van der Waals surface area contributed by atoms with Gasteiger partial charge >= 0.3 is 0 Å². The van der Waals surface area contributed by atoms with E-state index in [4.69, 9.17) is 0 Å². The molecule has 0 nitrogen and oxygen atoms in total. The van der Waals surface area contributed by atoms with Crippen LogP contribution in [0.2, 0.25) is 0 Å². The van der Waals surface area contributed by atoms with Gasteiger partial charge in [0, 0.05) is 0 Å². The minimum atomic E-state index is -0.424. The van der Waals surface area contributed by atoms with E-state index in [1.165, 1.54) is 131 Å². The van der Waals surface area contributed by atoms with Gasteiger partial charge in [0.15, 0.2) is 0 Å². The fraction of sp³-hybridized carbons (Fsp3) is 0.0175. The van der Waals surface area contributed by atoms with Crippen molar-refractivity contribution in [2.45, 2.75) is 5.41 Å². The van der Waals surface area contributed by atoms with Gasteiger partial charge in [0.1, 0.15) is 0 Å². The number of fused-ring (bicyclic) bond motifs is 12. The maximum Gasteiger partial charge on any atom is 0.0731 e. The first-order valence-corrected chi connectivity index (χ1v) is 20.1. The molecule has 1 spiro atoms. The molecule has 0 fully saturated rings. The van der Waals surface area contributed by atoms with Crippen LogP contribution in [-0.4, -0.2) is 0 Å². The fourth-order valence-electron chi connectivity index (χ4n) is 11.7. The largest absolute Gasteiger partial charge is 0.0731 e. The van der Waals surface area contributed by atoms with E-state index >= 15 is 0 Å². The highest BCUT2D eigenvalue weighted by molar-refractivity contribution is 6.34. The molecule has 0 saturated carbocycles. The number of hydrogen-bond donors (Lipinski definition) is 0. The van der Waals surface area contributed by atoms with Crippen molar-refractivity contribution in [1.29, 1.82) is 0 Å². The van der Waals surface area contributed by atoms with Crippen LogP contribution in [0.15, 0.2) is 194 Å². The van der Waals surface area contributed by atoms with Gasteiger partial charge in [-0.3, -0.25) is 0 Å². The summed E-state index contributed by atoms with van der Waals surface area (Å²) >= 11 is 0. The molecule has 12 aromatic carbocycles. The highest BCUT2D eigenvalue weighted by atomic mass is 14.5. The summed E-state index contributed by atoms with van der Waals surface area (Å²) in [4.78, 5) is 0. The van der Waals surface area contributed by atoms with Gasteiger partial charge in [-0.25, -0.2) is 0 Å². The zero-order chi connectivity index (χ0) is 37.0. The van der Waals surface area contributed by atoms with Gasteiger partial charge in [-0.15, -0.1) is 0 Å². The number of hydrogen-bond acceptors (Lipinski definition) is 0. The molecule has 0 saturated heterocycles. The molecule has 0 atom stereocenters. The minimum Gasteiger partial charge on any atom is -0.0622 e. The summed E-state index contributed by atoms with van der Waals surface area (Å²) in [6.07, 6.45) is 0. The molecule has 12 aromatic rings. The minimum absolute atomic E-state index is 0.424. The highest BCUT2D eigenvalue weighted by Gasteiger charge is 2.53. The van der Waals surface area contributed by atoms with E-state index in [9.17, 15) is 0 Å². The Labute approximate surface area is 329 Å². The van der Waals surface area contributed by atoms with E-state index in [0.717, 1.165) is 0 Å². The van der Waals surface area contributed by atoms with Crippen molar-refractivity contribution in [2.75, 3.05) is 0 Å². The monoisotopic (exact) mass is 716 g/mol. The first-order valence-electron chi connectivity index (χ1n) is 20.1. The Morgan fingerprint density at radius 1 is 0.263 bits per heavy atom. The van der Waals surface area contributed by atoms with Crippen LogP contribution in [0.4, 0.5) is 0 Å². The molecule has 0 aliphatic heterocycles. The van der Waals surface area contributed by atoms with E-state index in [0.29, 0.717) is 0 Å². The van der Waals surface area contributed by atoms with Gasteiger partial charge in [0.05, 0.1) is 5.41 Å². The molecule has 0 amide bonds. The maximum absolute atomic E-state index is 2.48. The van der Waals surface area contributed by atoms with Gasteiger partial charge in [-0.2, -0.15) is 0 Å². The van der Waals surface area contributed by atoms with Gasteiger partial charge in [-0.1, -0.05) is 188 Å². The molecule has 0 heteroatoms. The van der Waals surface area contributed by atoms with Crippen molar-refractivity contribution in [3.8, 4) is 44.5 Å². The first kappa shape index (κ1) is 30.0. The van der Waals surface area contributed by atoms with E-state index in [2.05, 4.69) is 194 Å². The summed E-state index contributed by atoms with van der Waals surface area (Å²) in [5, 5.41) is 15.9. The quantitative estimate of drug-likeness (QED) is 0.156. The SMILES string of the molecule is c1ccc(-c2ccc3ccc4c(-c5cc6cccc7c8c(c9cccc5c9c67)C5(c6ccccc6-c6ccccc65)c5ccccc5-8)ccc5ccc2c3c54)cc1. The Kier molecular flexibility index (Phi) is 5.53. The summed E-state index contributed by atoms with van der Waals surface area (Å²) in [6.45, 7) is 0. The average molecular weight is 717 g/mol. The molecule has 0 bridgehead atoms. The third-order valence-electron chi connectivity index (χ3n) is 13.8.